The van der Waals surface area contributed by atoms with Crippen LogP contribution < -0.4 is 5.32 Å². The summed E-state index contributed by atoms with van der Waals surface area (Å²) in [6, 6.07) is 11.8. The maximum absolute atomic E-state index is 12.1. The molecule has 23 heavy (non-hydrogen) atoms. The monoisotopic (exact) mass is 329 g/mol. The van der Waals surface area contributed by atoms with Gasteiger partial charge < -0.3 is 10.1 Å². The minimum Gasteiger partial charge on any atom is -0.451 e. The number of carbonyl (C=O) groups excluding carboxylic acids is 2. The van der Waals surface area contributed by atoms with Gasteiger partial charge in [0, 0.05) is 4.88 Å². The Morgan fingerprint density at radius 2 is 2.09 bits per heavy atom. The average molecular weight is 329 g/mol. The van der Waals surface area contributed by atoms with Gasteiger partial charge in [0.15, 0.2) is 6.61 Å². The van der Waals surface area contributed by atoms with Crippen LogP contribution in [0.5, 0.6) is 0 Å². The van der Waals surface area contributed by atoms with Gasteiger partial charge in [0.2, 0.25) is 0 Å². The summed E-state index contributed by atoms with van der Waals surface area (Å²) < 4.78 is 5.09. The van der Waals surface area contributed by atoms with Crippen molar-refractivity contribution in [3.8, 4) is 0 Å². The second-order valence-electron chi connectivity index (χ2n) is 5.70. The molecule has 1 aliphatic carbocycles. The first kappa shape index (κ1) is 15.7. The van der Waals surface area contributed by atoms with E-state index < -0.39 is 5.97 Å². The molecule has 1 N–H and O–H groups in total. The zero-order chi connectivity index (χ0) is 16.2. The number of amides is 1. The second kappa shape index (κ2) is 6.96. The van der Waals surface area contributed by atoms with Crippen LogP contribution in [0.15, 0.2) is 36.4 Å². The molecule has 0 saturated heterocycles. The number of esters is 1. The molecule has 1 aliphatic rings. The van der Waals surface area contributed by atoms with Crippen LogP contribution >= 0.6 is 11.3 Å². The number of thiophene rings is 1. The van der Waals surface area contributed by atoms with Gasteiger partial charge in [-0.2, -0.15) is 0 Å². The van der Waals surface area contributed by atoms with E-state index in [-0.39, 0.29) is 18.6 Å². The lowest BCUT2D eigenvalue weighted by atomic mass is 9.88. The molecule has 1 aromatic heterocycles. The molecule has 1 atom stereocenters. The summed E-state index contributed by atoms with van der Waals surface area (Å²) in [6.45, 7) is 1.68. The van der Waals surface area contributed by atoms with E-state index in [0.717, 1.165) is 24.1 Å². The normalized spacial score (nSPS) is 16.5. The molecule has 0 fully saturated rings. The lowest BCUT2D eigenvalue weighted by Gasteiger charge is -2.26. The lowest BCUT2D eigenvalue weighted by Crippen LogP contribution is -2.34. The van der Waals surface area contributed by atoms with E-state index in [1.54, 1.807) is 6.07 Å². The zero-order valence-corrected chi connectivity index (χ0v) is 13.8. The molecule has 3 rings (SSSR count). The van der Waals surface area contributed by atoms with E-state index >= 15 is 0 Å². The van der Waals surface area contributed by atoms with Gasteiger partial charge in [-0.3, -0.25) is 4.79 Å². The Morgan fingerprint density at radius 3 is 2.87 bits per heavy atom. The summed E-state index contributed by atoms with van der Waals surface area (Å²) in [5.74, 6) is -0.698. The number of nitrogens with one attached hydrogen (secondary N) is 1. The second-order valence-corrected chi connectivity index (χ2v) is 6.99. The summed E-state index contributed by atoms with van der Waals surface area (Å²) in [5, 5.41) is 2.97. The SMILES string of the molecule is Cc1ccc(C(=O)OCC(=O)N[C@H]2CCCc3ccccc32)s1. The van der Waals surface area contributed by atoms with E-state index in [4.69, 9.17) is 4.74 Å². The molecule has 0 radical (unpaired) electrons. The Kier molecular flexibility index (Phi) is 4.76. The topological polar surface area (TPSA) is 55.4 Å². The quantitative estimate of drug-likeness (QED) is 0.875. The molecule has 0 saturated carbocycles. The predicted octanol–water partition coefficient (Wildman–Crippen LogP) is 3.41. The van der Waals surface area contributed by atoms with Gasteiger partial charge in [-0.25, -0.2) is 4.79 Å². The number of carbonyl (C=O) groups is 2. The molecule has 4 nitrogen and oxygen atoms in total. The molecule has 0 spiro atoms. The van der Waals surface area contributed by atoms with Gasteiger partial charge in [0.1, 0.15) is 4.88 Å². The Morgan fingerprint density at radius 1 is 1.26 bits per heavy atom. The van der Waals surface area contributed by atoms with Crippen LogP contribution in [0.3, 0.4) is 0 Å². The molecule has 1 aromatic carbocycles. The van der Waals surface area contributed by atoms with E-state index in [1.807, 2.05) is 25.1 Å². The van der Waals surface area contributed by atoms with Crippen LogP contribution in [0.25, 0.3) is 0 Å². The fourth-order valence-corrected chi connectivity index (χ4v) is 3.65. The molecule has 2 aromatic rings. The Hall–Kier alpha value is -2.14. The van der Waals surface area contributed by atoms with Crippen LogP contribution in [-0.4, -0.2) is 18.5 Å². The lowest BCUT2D eigenvalue weighted by molar-refractivity contribution is -0.125. The third-order valence-corrected chi connectivity index (χ3v) is 4.96. The molecule has 120 valence electrons. The molecule has 1 amide bonds. The van der Waals surface area contributed by atoms with Crippen LogP contribution in [0.1, 0.15) is 44.6 Å². The van der Waals surface area contributed by atoms with Crippen LogP contribution in [0, 0.1) is 6.92 Å². The highest BCUT2D eigenvalue weighted by atomic mass is 32.1. The third kappa shape index (κ3) is 3.79. The van der Waals surface area contributed by atoms with Crippen LogP contribution in [0.2, 0.25) is 0 Å². The smallest absolute Gasteiger partial charge is 0.348 e. The standard InChI is InChI=1S/C18H19NO3S/c1-12-9-10-16(23-12)18(21)22-11-17(20)19-15-8-4-6-13-5-2-3-7-14(13)15/h2-3,5,7,9-10,15H,4,6,8,11H2,1H3,(H,19,20)/t15-/m0/s1. The Bertz CT molecular complexity index is 723. The molecule has 0 bridgehead atoms. The first-order valence-corrected chi connectivity index (χ1v) is 8.56. The molecule has 0 unspecified atom stereocenters. The number of fused-ring (bicyclic) bond motifs is 1. The zero-order valence-electron chi connectivity index (χ0n) is 13.0. The fraction of sp³-hybridized carbons (Fsp3) is 0.333. The molecular weight excluding hydrogens is 310 g/mol. The summed E-state index contributed by atoms with van der Waals surface area (Å²) >= 11 is 1.37. The van der Waals surface area contributed by atoms with Crippen molar-refractivity contribution in [3.63, 3.8) is 0 Å². The summed E-state index contributed by atoms with van der Waals surface area (Å²) in [4.78, 5) is 25.5. The largest absolute Gasteiger partial charge is 0.451 e. The van der Waals surface area contributed by atoms with Crippen molar-refractivity contribution in [1.82, 2.24) is 5.32 Å². The highest BCUT2D eigenvalue weighted by Gasteiger charge is 2.22. The van der Waals surface area contributed by atoms with E-state index in [2.05, 4.69) is 17.4 Å². The molecule has 0 aliphatic heterocycles. The van der Waals surface area contributed by atoms with Crippen molar-refractivity contribution in [3.05, 3.63) is 57.3 Å². The summed E-state index contributed by atoms with van der Waals surface area (Å²) in [7, 11) is 0. The Balaban J connectivity index is 1.55. The molecular formula is C18H19NO3S. The van der Waals surface area contributed by atoms with Crippen molar-refractivity contribution >= 4 is 23.2 Å². The minimum atomic E-state index is -0.442. The third-order valence-electron chi connectivity index (χ3n) is 3.98. The maximum Gasteiger partial charge on any atom is 0.348 e. The van der Waals surface area contributed by atoms with Gasteiger partial charge in [-0.15, -0.1) is 11.3 Å². The fourth-order valence-electron chi connectivity index (χ4n) is 2.89. The first-order valence-electron chi connectivity index (χ1n) is 7.74. The van der Waals surface area contributed by atoms with E-state index in [9.17, 15) is 9.59 Å². The average Bonchev–Trinajstić information content (AvgIpc) is 2.99. The van der Waals surface area contributed by atoms with Gasteiger partial charge in [0.05, 0.1) is 6.04 Å². The molecule has 1 heterocycles. The van der Waals surface area contributed by atoms with Crippen molar-refractivity contribution < 1.29 is 14.3 Å². The van der Waals surface area contributed by atoms with E-state index in [1.165, 1.54) is 22.5 Å². The number of benzene rings is 1. The van der Waals surface area contributed by atoms with Crippen molar-refractivity contribution in [2.24, 2.45) is 0 Å². The van der Waals surface area contributed by atoms with Crippen molar-refractivity contribution in [2.75, 3.05) is 6.61 Å². The van der Waals surface area contributed by atoms with Crippen LogP contribution in [-0.2, 0) is 16.0 Å². The highest BCUT2D eigenvalue weighted by Crippen LogP contribution is 2.29. The van der Waals surface area contributed by atoms with Gasteiger partial charge in [-0.05, 0) is 49.4 Å². The van der Waals surface area contributed by atoms with Gasteiger partial charge in [-0.1, -0.05) is 24.3 Å². The number of aryl methyl sites for hydroxylation is 2. The minimum absolute atomic E-state index is 0.00938. The first-order chi connectivity index (χ1) is 11.1. The number of ether oxygens (including phenoxy) is 1. The number of hydrogen-bond donors (Lipinski definition) is 1. The summed E-state index contributed by atoms with van der Waals surface area (Å²) in [5.41, 5.74) is 2.46. The highest BCUT2D eigenvalue weighted by molar-refractivity contribution is 7.13. The Labute approximate surface area is 139 Å². The van der Waals surface area contributed by atoms with Crippen molar-refractivity contribution in [2.45, 2.75) is 32.2 Å². The molecule has 5 heteroatoms. The van der Waals surface area contributed by atoms with Gasteiger partial charge in [0.25, 0.3) is 5.91 Å². The van der Waals surface area contributed by atoms with Crippen LogP contribution in [0.4, 0.5) is 0 Å². The maximum atomic E-state index is 12.1. The van der Waals surface area contributed by atoms with Gasteiger partial charge >= 0.3 is 5.97 Å². The van der Waals surface area contributed by atoms with E-state index in [0.29, 0.717) is 4.88 Å². The predicted molar refractivity (Wildman–Crippen MR) is 89.6 cm³/mol. The summed E-state index contributed by atoms with van der Waals surface area (Å²) in [6.07, 6.45) is 3.02. The van der Waals surface area contributed by atoms with Crippen molar-refractivity contribution in [1.29, 1.82) is 0 Å². The number of hydrogen-bond acceptors (Lipinski definition) is 4. The number of rotatable bonds is 4.